The molecule has 2 rings (SSSR count). The molecule has 6 heteroatoms. The summed E-state index contributed by atoms with van der Waals surface area (Å²) >= 11 is 0. The molecule has 1 amide bonds. The Kier molecular flexibility index (Phi) is 5.16. The van der Waals surface area contributed by atoms with Crippen LogP contribution in [0.2, 0.25) is 0 Å². The zero-order chi connectivity index (χ0) is 15.2. The number of nitrogens with one attached hydrogen (secondary N) is 1. The summed E-state index contributed by atoms with van der Waals surface area (Å²) in [7, 11) is 0. The fourth-order valence-electron chi connectivity index (χ4n) is 2.00. The minimum atomic E-state index is -0.324. The average molecular weight is 292 g/mol. The van der Waals surface area contributed by atoms with Gasteiger partial charge in [0.1, 0.15) is 11.3 Å². The van der Waals surface area contributed by atoms with Crippen LogP contribution in [0.15, 0.2) is 27.3 Å². The molecule has 0 saturated carbocycles. The Bertz CT molecular complexity index is 573. The first-order chi connectivity index (χ1) is 10.1. The van der Waals surface area contributed by atoms with Gasteiger partial charge in [0.25, 0.3) is 5.91 Å². The average Bonchev–Trinajstić information content (AvgIpc) is 3.07. The zero-order valence-corrected chi connectivity index (χ0v) is 12.5. The smallest absolute Gasteiger partial charge is 0.280 e. The first-order valence-corrected chi connectivity index (χ1v) is 7.00. The number of amides is 1. The summed E-state index contributed by atoms with van der Waals surface area (Å²) in [5.41, 5.74) is 3.45. The van der Waals surface area contributed by atoms with Crippen molar-refractivity contribution in [1.29, 1.82) is 0 Å². The summed E-state index contributed by atoms with van der Waals surface area (Å²) in [4.78, 5) is 17.3. The largest absolute Gasteiger partial charge is 0.469 e. The number of aryl methyl sites for hydroxylation is 2. The molecular formula is C15H20N2O4. The van der Waals surface area contributed by atoms with E-state index in [1.54, 1.807) is 13.2 Å². The number of furan rings is 1. The fourth-order valence-corrected chi connectivity index (χ4v) is 2.00. The van der Waals surface area contributed by atoms with Gasteiger partial charge in [0.15, 0.2) is 5.76 Å². The van der Waals surface area contributed by atoms with Crippen molar-refractivity contribution >= 4 is 5.91 Å². The summed E-state index contributed by atoms with van der Waals surface area (Å²) in [6, 6.07) is 3.76. The van der Waals surface area contributed by atoms with Crippen molar-refractivity contribution < 1.29 is 18.6 Å². The lowest BCUT2D eigenvalue weighted by molar-refractivity contribution is 0.0299. The third kappa shape index (κ3) is 3.95. The summed E-state index contributed by atoms with van der Waals surface area (Å²) in [5, 5.41) is 3.83. The summed E-state index contributed by atoms with van der Waals surface area (Å²) in [6.45, 7) is 6.04. The SMILES string of the molecule is Cc1noc(C(C)C)c1C(=O)NOCCCc1ccco1. The molecule has 6 nitrogen and oxygen atoms in total. The molecule has 0 bridgehead atoms. The molecular weight excluding hydrogens is 272 g/mol. The van der Waals surface area contributed by atoms with Crippen LogP contribution in [-0.4, -0.2) is 17.7 Å². The minimum absolute atomic E-state index is 0.0888. The highest BCUT2D eigenvalue weighted by molar-refractivity contribution is 5.95. The predicted octanol–water partition coefficient (Wildman–Crippen LogP) is 2.99. The van der Waals surface area contributed by atoms with E-state index in [0.29, 0.717) is 23.6 Å². The second kappa shape index (κ2) is 7.08. The normalized spacial score (nSPS) is 11.0. The van der Waals surface area contributed by atoms with Crippen molar-refractivity contribution in [1.82, 2.24) is 10.6 Å². The molecule has 0 atom stereocenters. The van der Waals surface area contributed by atoms with Gasteiger partial charge in [-0.05, 0) is 25.5 Å². The van der Waals surface area contributed by atoms with Crippen LogP contribution in [0.1, 0.15) is 53.8 Å². The molecule has 0 radical (unpaired) electrons. The fraction of sp³-hybridized carbons (Fsp3) is 0.467. The second-order valence-corrected chi connectivity index (χ2v) is 5.12. The molecule has 0 aliphatic heterocycles. The van der Waals surface area contributed by atoms with Crippen LogP contribution in [0.5, 0.6) is 0 Å². The second-order valence-electron chi connectivity index (χ2n) is 5.12. The number of aromatic nitrogens is 1. The van der Waals surface area contributed by atoms with E-state index in [1.165, 1.54) is 0 Å². The number of carbonyl (C=O) groups excluding carboxylic acids is 1. The first-order valence-electron chi connectivity index (χ1n) is 7.00. The van der Waals surface area contributed by atoms with E-state index < -0.39 is 0 Å². The number of carbonyl (C=O) groups is 1. The standard InChI is InChI=1S/C15H20N2O4/c1-10(2)14-13(11(3)16-21-14)15(18)17-20-9-5-7-12-6-4-8-19-12/h4,6,8,10H,5,7,9H2,1-3H3,(H,17,18). The Morgan fingerprint density at radius 3 is 2.95 bits per heavy atom. The molecule has 2 aromatic rings. The van der Waals surface area contributed by atoms with Gasteiger partial charge in [-0.3, -0.25) is 9.63 Å². The number of rotatable bonds is 7. The summed E-state index contributed by atoms with van der Waals surface area (Å²) in [5.74, 6) is 1.24. The molecule has 21 heavy (non-hydrogen) atoms. The Hall–Kier alpha value is -2.08. The van der Waals surface area contributed by atoms with E-state index in [1.807, 2.05) is 26.0 Å². The Morgan fingerprint density at radius 2 is 2.29 bits per heavy atom. The van der Waals surface area contributed by atoms with Crippen LogP contribution < -0.4 is 5.48 Å². The number of nitrogens with zero attached hydrogens (tertiary/aromatic N) is 1. The van der Waals surface area contributed by atoms with Gasteiger partial charge in [0.05, 0.1) is 18.6 Å². The van der Waals surface area contributed by atoms with Crippen LogP contribution in [0, 0.1) is 6.92 Å². The van der Waals surface area contributed by atoms with Gasteiger partial charge in [-0.15, -0.1) is 0 Å². The van der Waals surface area contributed by atoms with Gasteiger partial charge >= 0.3 is 0 Å². The van der Waals surface area contributed by atoms with Crippen LogP contribution in [0.25, 0.3) is 0 Å². The van der Waals surface area contributed by atoms with Gasteiger partial charge < -0.3 is 8.94 Å². The Balaban J connectivity index is 1.78. The minimum Gasteiger partial charge on any atom is -0.469 e. The Labute approximate surface area is 123 Å². The highest BCUT2D eigenvalue weighted by atomic mass is 16.6. The van der Waals surface area contributed by atoms with Crippen molar-refractivity contribution in [3.63, 3.8) is 0 Å². The van der Waals surface area contributed by atoms with E-state index in [-0.39, 0.29) is 11.8 Å². The maximum absolute atomic E-state index is 12.1. The van der Waals surface area contributed by atoms with Crippen LogP contribution in [0.3, 0.4) is 0 Å². The molecule has 0 aromatic carbocycles. The van der Waals surface area contributed by atoms with Crippen molar-refractivity contribution in [2.24, 2.45) is 0 Å². The van der Waals surface area contributed by atoms with Crippen molar-refractivity contribution in [2.75, 3.05) is 6.61 Å². The molecule has 0 saturated heterocycles. The van der Waals surface area contributed by atoms with Crippen LogP contribution in [-0.2, 0) is 11.3 Å². The summed E-state index contributed by atoms with van der Waals surface area (Å²) in [6.07, 6.45) is 3.17. The van der Waals surface area contributed by atoms with E-state index in [2.05, 4.69) is 10.6 Å². The number of hydrogen-bond donors (Lipinski definition) is 1. The maximum Gasteiger partial charge on any atom is 0.280 e. The van der Waals surface area contributed by atoms with Gasteiger partial charge in [-0.1, -0.05) is 19.0 Å². The zero-order valence-electron chi connectivity index (χ0n) is 12.5. The van der Waals surface area contributed by atoms with Crippen molar-refractivity contribution in [3.8, 4) is 0 Å². The molecule has 0 fully saturated rings. The quantitative estimate of drug-likeness (QED) is 0.627. The van der Waals surface area contributed by atoms with E-state index in [0.717, 1.165) is 18.6 Å². The molecule has 0 aliphatic rings. The third-order valence-electron chi connectivity index (χ3n) is 3.06. The van der Waals surface area contributed by atoms with Gasteiger partial charge in [0.2, 0.25) is 0 Å². The molecule has 0 unspecified atom stereocenters. The van der Waals surface area contributed by atoms with Gasteiger partial charge in [-0.2, -0.15) is 0 Å². The molecule has 0 spiro atoms. The van der Waals surface area contributed by atoms with Crippen molar-refractivity contribution in [2.45, 2.75) is 39.5 Å². The summed E-state index contributed by atoms with van der Waals surface area (Å²) < 4.78 is 10.4. The molecule has 114 valence electrons. The monoisotopic (exact) mass is 292 g/mol. The molecule has 2 aromatic heterocycles. The molecule has 1 N–H and O–H groups in total. The molecule has 2 heterocycles. The first kappa shape index (κ1) is 15.3. The highest BCUT2D eigenvalue weighted by Gasteiger charge is 2.22. The lowest BCUT2D eigenvalue weighted by Gasteiger charge is -2.07. The number of hydrogen-bond acceptors (Lipinski definition) is 5. The highest BCUT2D eigenvalue weighted by Crippen LogP contribution is 2.21. The lowest BCUT2D eigenvalue weighted by Crippen LogP contribution is -2.25. The van der Waals surface area contributed by atoms with E-state index in [9.17, 15) is 4.79 Å². The number of hydroxylamine groups is 1. The lowest BCUT2D eigenvalue weighted by atomic mass is 10.1. The van der Waals surface area contributed by atoms with E-state index >= 15 is 0 Å². The van der Waals surface area contributed by atoms with Crippen molar-refractivity contribution in [3.05, 3.63) is 41.2 Å². The van der Waals surface area contributed by atoms with Gasteiger partial charge in [0, 0.05) is 12.3 Å². The predicted molar refractivity (Wildman–Crippen MR) is 75.8 cm³/mol. The van der Waals surface area contributed by atoms with Gasteiger partial charge in [-0.25, -0.2) is 5.48 Å². The molecule has 0 aliphatic carbocycles. The van der Waals surface area contributed by atoms with Crippen LogP contribution >= 0.6 is 0 Å². The topological polar surface area (TPSA) is 77.5 Å². The maximum atomic E-state index is 12.1. The third-order valence-corrected chi connectivity index (χ3v) is 3.06. The van der Waals surface area contributed by atoms with Crippen LogP contribution in [0.4, 0.5) is 0 Å². The van der Waals surface area contributed by atoms with E-state index in [4.69, 9.17) is 13.8 Å². The Morgan fingerprint density at radius 1 is 1.48 bits per heavy atom.